The van der Waals surface area contributed by atoms with E-state index in [4.69, 9.17) is 26.2 Å². The lowest BCUT2D eigenvalue weighted by atomic mass is 10.0. The monoisotopic (exact) mass is 425 g/mol. The molecule has 0 bridgehead atoms. The first-order valence-electron chi connectivity index (χ1n) is 10.4. The van der Waals surface area contributed by atoms with Gasteiger partial charge in [0.2, 0.25) is 5.91 Å². The number of nitrogens with zero attached hydrogens (tertiary/aromatic N) is 3. The molecule has 7 heteroatoms. The molecule has 3 aromatic rings. The fourth-order valence-electron chi connectivity index (χ4n) is 4.44. The number of amides is 1. The summed E-state index contributed by atoms with van der Waals surface area (Å²) < 4.78 is 13.4. The van der Waals surface area contributed by atoms with Crippen molar-refractivity contribution in [2.45, 2.75) is 31.6 Å². The molecule has 0 radical (unpaired) electrons. The summed E-state index contributed by atoms with van der Waals surface area (Å²) in [6.45, 7) is 4.42. The number of piperidine rings is 1. The molecular weight excluding hydrogens is 402 g/mol. The molecular formula is C23H24ClN3O3. The van der Waals surface area contributed by atoms with E-state index in [-0.39, 0.29) is 5.91 Å². The van der Waals surface area contributed by atoms with E-state index < -0.39 is 11.8 Å². The van der Waals surface area contributed by atoms with Crippen LogP contribution in [0.2, 0.25) is 5.02 Å². The first-order chi connectivity index (χ1) is 14.6. The summed E-state index contributed by atoms with van der Waals surface area (Å²) in [5.74, 6) is -0.433. The molecule has 2 aliphatic rings. The Morgan fingerprint density at radius 3 is 2.50 bits per heavy atom. The molecule has 1 unspecified atom stereocenters. The van der Waals surface area contributed by atoms with Gasteiger partial charge in [-0.2, -0.15) is 5.10 Å². The molecule has 5 rings (SSSR count). The summed E-state index contributed by atoms with van der Waals surface area (Å²) in [6.07, 6.45) is 1.41. The van der Waals surface area contributed by atoms with Crippen LogP contribution >= 0.6 is 11.6 Å². The number of hydrogen-bond donors (Lipinski definition) is 0. The minimum Gasteiger partial charge on any atom is -0.347 e. The third kappa shape index (κ3) is 3.39. The smallest absolute Gasteiger partial charge is 0.247 e. The van der Waals surface area contributed by atoms with E-state index in [9.17, 15) is 4.79 Å². The summed E-state index contributed by atoms with van der Waals surface area (Å²) >= 11 is 6.27. The molecule has 1 aromatic heterocycles. The van der Waals surface area contributed by atoms with Crippen LogP contribution in [-0.4, -0.2) is 52.7 Å². The molecule has 1 spiro atoms. The lowest BCUT2D eigenvalue weighted by Gasteiger charge is -2.38. The van der Waals surface area contributed by atoms with Gasteiger partial charge in [-0.15, -0.1) is 0 Å². The van der Waals surface area contributed by atoms with E-state index in [0.717, 1.165) is 22.2 Å². The van der Waals surface area contributed by atoms with Crippen molar-refractivity contribution in [3.63, 3.8) is 0 Å². The van der Waals surface area contributed by atoms with Gasteiger partial charge in [-0.3, -0.25) is 9.48 Å². The second kappa shape index (κ2) is 7.69. The molecule has 2 aliphatic heterocycles. The van der Waals surface area contributed by atoms with Crippen molar-refractivity contribution in [1.82, 2.24) is 14.7 Å². The average Bonchev–Trinajstić information content (AvgIpc) is 3.38. The number of rotatable bonds is 3. The SMILES string of the molecule is CC(C(=O)N1CCC2(CC1)OCCO2)n1nc(-c2ccccc2)c2cc(Cl)ccc21. The zero-order valence-corrected chi connectivity index (χ0v) is 17.6. The van der Waals surface area contributed by atoms with Gasteiger partial charge in [-0.25, -0.2) is 0 Å². The highest BCUT2D eigenvalue weighted by molar-refractivity contribution is 6.31. The van der Waals surface area contributed by atoms with E-state index in [1.165, 1.54) is 0 Å². The van der Waals surface area contributed by atoms with E-state index in [1.807, 2.05) is 65.0 Å². The zero-order chi connectivity index (χ0) is 20.7. The standard InChI is InChI=1S/C23H24ClN3O3/c1-16(22(28)26-11-9-23(10-12-26)29-13-14-30-23)27-20-8-7-18(24)15-19(20)21(25-27)17-5-3-2-4-6-17/h2-8,15-16H,9-14H2,1H3. The van der Waals surface area contributed by atoms with E-state index >= 15 is 0 Å². The summed E-state index contributed by atoms with van der Waals surface area (Å²) in [5.41, 5.74) is 2.73. The van der Waals surface area contributed by atoms with Gasteiger partial charge < -0.3 is 14.4 Å². The van der Waals surface area contributed by atoms with Crippen LogP contribution in [0.3, 0.4) is 0 Å². The Bertz CT molecular complexity index is 1070. The van der Waals surface area contributed by atoms with Gasteiger partial charge in [0.1, 0.15) is 11.7 Å². The van der Waals surface area contributed by atoms with Crippen molar-refractivity contribution >= 4 is 28.4 Å². The Balaban J connectivity index is 1.45. The highest BCUT2D eigenvalue weighted by Gasteiger charge is 2.41. The zero-order valence-electron chi connectivity index (χ0n) is 16.9. The average molecular weight is 426 g/mol. The lowest BCUT2D eigenvalue weighted by Crippen LogP contribution is -2.48. The summed E-state index contributed by atoms with van der Waals surface area (Å²) in [7, 11) is 0. The van der Waals surface area contributed by atoms with Crippen LogP contribution in [0.15, 0.2) is 48.5 Å². The summed E-state index contributed by atoms with van der Waals surface area (Å²) in [5, 5.41) is 6.44. The third-order valence-corrected chi connectivity index (χ3v) is 6.33. The molecule has 1 atom stereocenters. The molecule has 0 saturated carbocycles. The fraction of sp³-hybridized carbons (Fsp3) is 0.391. The van der Waals surface area contributed by atoms with Crippen molar-refractivity contribution in [2.75, 3.05) is 26.3 Å². The Morgan fingerprint density at radius 1 is 1.10 bits per heavy atom. The van der Waals surface area contributed by atoms with Gasteiger partial charge in [0.25, 0.3) is 0 Å². The van der Waals surface area contributed by atoms with Crippen LogP contribution < -0.4 is 0 Å². The number of benzene rings is 2. The van der Waals surface area contributed by atoms with Gasteiger partial charge in [0.15, 0.2) is 5.79 Å². The summed E-state index contributed by atoms with van der Waals surface area (Å²) in [6, 6.07) is 15.2. The van der Waals surface area contributed by atoms with Crippen LogP contribution in [0.1, 0.15) is 25.8 Å². The molecule has 2 saturated heterocycles. The van der Waals surface area contributed by atoms with Gasteiger partial charge >= 0.3 is 0 Å². The second-order valence-electron chi connectivity index (χ2n) is 7.93. The minimum atomic E-state index is -0.490. The molecule has 0 aliphatic carbocycles. The number of hydrogen-bond acceptors (Lipinski definition) is 4. The number of aromatic nitrogens is 2. The number of carbonyl (C=O) groups excluding carboxylic acids is 1. The molecule has 30 heavy (non-hydrogen) atoms. The van der Waals surface area contributed by atoms with Crippen molar-refractivity contribution in [3.05, 3.63) is 53.6 Å². The van der Waals surface area contributed by atoms with Gasteiger partial charge in [0.05, 0.1) is 18.7 Å². The minimum absolute atomic E-state index is 0.0572. The van der Waals surface area contributed by atoms with Gasteiger partial charge in [0, 0.05) is 41.9 Å². The Kier molecular flexibility index (Phi) is 5.01. The van der Waals surface area contributed by atoms with Crippen LogP contribution in [0, 0.1) is 0 Å². The molecule has 2 fully saturated rings. The maximum Gasteiger partial charge on any atom is 0.247 e. The highest BCUT2D eigenvalue weighted by Crippen LogP contribution is 2.34. The van der Waals surface area contributed by atoms with E-state index in [0.29, 0.717) is 44.2 Å². The predicted molar refractivity (Wildman–Crippen MR) is 115 cm³/mol. The van der Waals surface area contributed by atoms with Crippen molar-refractivity contribution < 1.29 is 14.3 Å². The first kappa shape index (κ1) is 19.5. The number of carbonyl (C=O) groups is 1. The predicted octanol–water partition coefficient (Wildman–Crippen LogP) is 4.28. The fourth-order valence-corrected chi connectivity index (χ4v) is 4.61. The Labute approximate surface area is 180 Å². The van der Waals surface area contributed by atoms with Crippen molar-refractivity contribution in [2.24, 2.45) is 0 Å². The normalized spacial score (nSPS) is 19.5. The maximum atomic E-state index is 13.3. The number of ether oxygens (including phenoxy) is 2. The van der Waals surface area contributed by atoms with Crippen LogP contribution in [0.5, 0.6) is 0 Å². The first-order valence-corrected chi connectivity index (χ1v) is 10.7. The Hall–Kier alpha value is -2.41. The number of halogens is 1. The molecule has 3 heterocycles. The number of fused-ring (bicyclic) bond motifs is 1. The summed E-state index contributed by atoms with van der Waals surface area (Å²) in [4.78, 5) is 15.2. The topological polar surface area (TPSA) is 56.6 Å². The second-order valence-corrected chi connectivity index (χ2v) is 8.37. The largest absolute Gasteiger partial charge is 0.347 e. The van der Waals surface area contributed by atoms with Crippen LogP contribution in [-0.2, 0) is 14.3 Å². The molecule has 1 amide bonds. The van der Waals surface area contributed by atoms with Crippen molar-refractivity contribution in [1.29, 1.82) is 0 Å². The molecule has 0 N–H and O–H groups in total. The quantitative estimate of drug-likeness (QED) is 0.628. The lowest BCUT2D eigenvalue weighted by molar-refractivity contribution is -0.188. The van der Waals surface area contributed by atoms with Crippen molar-refractivity contribution in [3.8, 4) is 11.3 Å². The molecule has 6 nitrogen and oxygen atoms in total. The Morgan fingerprint density at radius 2 is 1.80 bits per heavy atom. The van der Waals surface area contributed by atoms with Gasteiger partial charge in [-0.1, -0.05) is 41.9 Å². The highest BCUT2D eigenvalue weighted by atomic mass is 35.5. The van der Waals surface area contributed by atoms with Crippen LogP contribution in [0.25, 0.3) is 22.2 Å². The van der Waals surface area contributed by atoms with Crippen LogP contribution in [0.4, 0.5) is 0 Å². The molecule has 2 aromatic carbocycles. The third-order valence-electron chi connectivity index (χ3n) is 6.09. The number of likely N-dealkylation sites (tertiary alicyclic amines) is 1. The molecule has 156 valence electrons. The van der Waals surface area contributed by atoms with E-state index in [2.05, 4.69) is 0 Å². The van der Waals surface area contributed by atoms with E-state index in [1.54, 1.807) is 0 Å². The maximum absolute atomic E-state index is 13.3. The van der Waals surface area contributed by atoms with Gasteiger partial charge in [-0.05, 0) is 25.1 Å².